The molecule has 2 unspecified atom stereocenters. The summed E-state index contributed by atoms with van der Waals surface area (Å²) in [5.41, 5.74) is 0.918. The van der Waals surface area contributed by atoms with E-state index in [4.69, 9.17) is 29.4 Å². The van der Waals surface area contributed by atoms with Crippen molar-refractivity contribution < 1.29 is 9.47 Å². The van der Waals surface area contributed by atoms with E-state index in [-0.39, 0.29) is 0 Å². The lowest BCUT2D eigenvalue weighted by Crippen LogP contribution is -2.42. The molecule has 2 atom stereocenters. The molecule has 3 aliphatic rings. The number of amidine groups is 1. The standard InChI is InChI=1S/C22H28N6O2/c1-15-23-18-8-3-4-9-19(18)28(15)22-25-20(16-6-5-7-17(14-16)29-2)24-21(26-22)27-10-12-30-13-11-27/h5-7,14,18-19H,3-4,8-13H2,1-2H3. The molecule has 0 bridgehead atoms. The molecule has 30 heavy (non-hydrogen) atoms. The lowest BCUT2D eigenvalue weighted by atomic mass is 9.91. The van der Waals surface area contributed by atoms with E-state index in [0.29, 0.717) is 43.0 Å². The van der Waals surface area contributed by atoms with Crippen LogP contribution in [0.4, 0.5) is 11.9 Å². The maximum Gasteiger partial charge on any atom is 0.236 e. The van der Waals surface area contributed by atoms with Crippen molar-refractivity contribution in [1.82, 2.24) is 15.0 Å². The van der Waals surface area contributed by atoms with Crippen molar-refractivity contribution in [3.05, 3.63) is 24.3 Å². The summed E-state index contributed by atoms with van der Waals surface area (Å²) in [6.45, 7) is 5.00. The van der Waals surface area contributed by atoms with Gasteiger partial charge in [-0.1, -0.05) is 25.0 Å². The number of aromatic nitrogens is 3. The third-order valence-electron chi connectivity index (χ3n) is 6.18. The molecule has 1 saturated carbocycles. The van der Waals surface area contributed by atoms with E-state index < -0.39 is 0 Å². The fourth-order valence-corrected chi connectivity index (χ4v) is 4.64. The van der Waals surface area contributed by atoms with E-state index >= 15 is 0 Å². The van der Waals surface area contributed by atoms with Gasteiger partial charge in [0, 0.05) is 18.7 Å². The number of hydrogen-bond acceptors (Lipinski definition) is 8. The van der Waals surface area contributed by atoms with Gasteiger partial charge in [0.15, 0.2) is 5.82 Å². The molecule has 1 saturated heterocycles. The Morgan fingerprint density at radius 3 is 2.67 bits per heavy atom. The fourth-order valence-electron chi connectivity index (χ4n) is 4.64. The minimum atomic E-state index is 0.344. The van der Waals surface area contributed by atoms with Crippen molar-refractivity contribution in [3.63, 3.8) is 0 Å². The minimum Gasteiger partial charge on any atom is -0.497 e. The zero-order valence-electron chi connectivity index (χ0n) is 17.6. The molecule has 0 amide bonds. The highest BCUT2D eigenvalue weighted by Crippen LogP contribution is 2.34. The topological polar surface area (TPSA) is 76.0 Å². The summed E-state index contributed by atoms with van der Waals surface area (Å²) in [5, 5.41) is 0. The Balaban J connectivity index is 1.58. The zero-order chi connectivity index (χ0) is 20.5. The fraction of sp³-hybridized carbons (Fsp3) is 0.545. The Labute approximate surface area is 177 Å². The van der Waals surface area contributed by atoms with E-state index in [1.807, 2.05) is 24.3 Å². The number of hydrogen-bond donors (Lipinski definition) is 0. The van der Waals surface area contributed by atoms with Gasteiger partial charge in [0.1, 0.15) is 11.6 Å². The van der Waals surface area contributed by atoms with E-state index in [9.17, 15) is 0 Å². The molecule has 8 nitrogen and oxygen atoms in total. The first kappa shape index (κ1) is 19.2. The molecule has 8 heteroatoms. The van der Waals surface area contributed by atoms with E-state index in [2.05, 4.69) is 16.7 Å². The average Bonchev–Trinajstić information content (AvgIpc) is 3.15. The van der Waals surface area contributed by atoms with Crippen LogP contribution < -0.4 is 14.5 Å². The predicted molar refractivity (Wildman–Crippen MR) is 116 cm³/mol. The number of benzene rings is 1. The molecular weight excluding hydrogens is 380 g/mol. The van der Waals surface area contributed by atoms with Gasteiger partial charge in [0.05, 0.1) is 32.4 Å². The first-order valence-corrected chi connectivity index (χ1v) is 10.8. The van der Waals surface area contributed by atoms with Gasteiger partial charge in [0.25, 0.3) is 0 Å². The first-order chi connectivity index (χ1) is 14.7. The van der Waals surface area contributed by atoms with Gasteiger partial charge in [-0.25, -0.2) is 0 Å². The molecule has 158 valence electrons. The summed E-state index contributed by atoms with van der Waals surface area (Å²) in [5.74, 6) is 3.84. The second-order valence-corrected chi connectivity index (χ2v) is 8.06. The number of fused-ring (bicyclic) bond motifs is 1. The van der Waals surface area contributed by atoms with Crippen LogP contribution in [0.3, 0.4) is 0 Å². The first-order valence-electron chi connectivity index (χ1n) is 10.8. The van der Waals surface area contributed by atoms with Crippen LogP contribution in [0.25, 0.3) is 11.4 Å². The quantitative estimate of drug-likeness (QED) is 0.770. The maximum absolute atomic E-state index is 5.53. The molecule has 2 fully saturated rings. The highest BCUT2D eigenvalue weighted by atomic mass is 16.5. The van der Waals surface area contributed by atoms with Crippen LogP contribution >= 0.6 is 0 Å². The third kappa shape index (κ3) is 3.60. The Kier molecular flexibility index (Phi) is 5.25. The highest BCUT2D eigenvalue weighted by molar-refractivity contribution is 5.97. The predicted octanol–water partition coefficient (Wildman–Crippen LogP) is 2.93. The monoisotopic (exact) mass is 408 g/mol. The summed E-state index contributed by atoms with van der Waals surface area (Å²) in [6, 6.07) is 8.57. The van der Waals surface area contributed by atoms with Gasteiger partial charge in [-0.15, -0.1) is 0 Å². The van der Waals surface area contributed by atoms with Crippen molar-refractivity contribution in [2.45, 2.75) is 44.7 Å². The molecule has 0 spiro atoms. The van der Waals surface area contributed by atoms with Crippen molar-refractivity contribution in [2.75, 3.05) is 43.2 Å². The van der Waals surface area contributed by atoms with Gasteiger partial charge in [-0.05, 0) is 31.9 Å². The lowest BCUT2D eigenvalue weighted by molar-refractivity contribution is 0.122. The minimum absolute atomic E-state index is 0.344. The molecule has 3 heterocycles. The van der Waals surface area contributed by atoms with E-state index in [1.54, 1.807) is 7.11 Å². The van der Waals surface area contributed by atoms with Gasteiger partial charge in [-0.3, -0.25) is 9.89 Å². The Morgan fingerprint density at radius 1 is 1.03 bits per heavy atom. The molecule has 5 rings (SSSR count). The van der Waals surface area contributed by atoms with Crippen LogP contribution in [-0.4, -0.2) is 66.3 Å². The molecule has 0 radical (unpaired) electrons. The van der Waals surface area contributed by atoms with Crippen LogP contribution in [0.15, 0.2) is 29.3 Å². The molecule has 0 N–H and O–H groups in total. The Morgan fingerprint density at radius 2 is 1.83 bits per heavy atom. The second kappa shape index (κ2) is 8.18. The van der Waals surface area contributed by atoms with Crippen LogP contribution in [0.2, 0.25) is 0 Å². The van der Waals surface area contributed by atoms with E-state index in [1.165, 1.54) is 12.8 Å². The third-order valence-corrected chi connectivity index (χ3v) is 6.18. The van der Waals surface area contributed by atoms with E-state index in [0.717, 1.165) is 43.1 Å². The molecule has 2 aliphatic heterocycles. The number of ether oxygens (including phenoxy) is 2. The van der Waals surface area contributed by atoms with Crippen LogP contribution in [0.5, 0.6) is 5.75 Å². The Bertz CT molecular complexity index is 943. The summed E-state index contributed by atoms with van der Waals surface area (Å²) in [7, 11) is 1.67. The summed E-state index contributed by atoms with van der Waals surface area (Å²) in [4.78, 5) is 24.0. The van der Waals surface area contributed by atoms with Gasteiger partial charge in [0.2, 0.25) is 11.9 Å². The average molecular weight is 409 g/mol. The zero-order valence-corrected chi connectivity index (χ0v) is 17.6. The number of aliphatic imine (C=N–C) groups is 1. The molecule has 1 aromatic carbocycles. The number of anilines is 2. The molecular formula is C22H28N6O2. The normalized spacial score (nSPS) is 23.9. The van der Waals surface area contributed by atoms with Gasteiger partial charge >= 0.3 is 0 Å². The van der Waals surface area contributed by atoms with Crippen molar-refractivity contribution in [2.24, 2.45) is 4.99 Å². The number of rotatable bonds is 4. The molecule has 2 aromatic rings. The highest BCUT2D eigenvalue weighted by Gasteiger charge is 2.38. The van der Waals surface area contributed by atoms with Crippen molar-refractivity contribution in [3.8, 4) is 17.1 Å². The van der Waals surface area contributed by atoms with Gasteiger partial charge in [-0.2, -0.15) is 15.0 Å². The van der Waals surface area contributed by atoms with Crippen LogP contribution in [0.1, 0.15) is 32.6 Å². The SMILES string of the molecule is COc1cccc(-c2nc(N3CCOCC3)nc(N3C(C)=NC4CCCCC43)n2)c1. The number of nitrogens with zero attached hydrogens (tertiary/aromatic N) is 6. The van der Waals surface area contributed by atoms with Crippen molar-refractivity contribution >= 4 is 17.7 Å². The Hall–Kier alpha value is -2.74. The number of methoxy groups -OCH3 is 1. The van der Waals surface area contributed by atoms with Crippen LogP contribution in [0, 0.1) is 0 Å². The van der Waals surface area contributed by atoms with Crippen molar-refractivity contribution in [1.29, 1.82) is 0 Å². The maximum atomic E-state index is 5.53. The molecule has 1 aliphatic carbocycles. The lowest BCUT2D eigenvalue weighted by Gasteiger charge is -2.32. The second-order valence-electron chi connectivity index (χ2n) is 8.06. The summed E-state index contributed by atoms with van der Waals surface area (Å²) >= 11 is 0. The summed E-state index contributed by atoms with van der Waals surface area (Å²) < 4.78 is 10.9. The molecule has 1 aromatic heterocycles. The smallest absolute Gasteiger partial charge is 0.236 e. The van der Waals surface area contributed by atoms with Crippen LogP contribution in [-0.2, 0) is 4.74 Å². The van der Waals surface area contributed by atoms with Gasteiger partial charge < -0.3 is 14.4 Å². The number of morpholine rings is 1. The summed E-state index contributed by atoms with van der Waals surface area (Å²) in [6.07, 6.45) is 4.74. The largest absolute Gasteiger partial charge is 0.497 e.